The van der Waals surface area contributed by atoms with Gasteiger partial charge in [0.05, 0.1) is 12.2 Å². The van der Waals surface area contributed by atoms with Crippen molar-refractivity contribution in [3.63, 3.8) is 0 Å². The monoisotopic (exact) mass is 578 g/mol. The number of anilines is 3. The van der Waals surface area contributed by atoms with E-state index < -0.39 is 5.60 Å². The van der Waals surface area contributed by atoms with E-state index in [1.165, 1.54) is 17.7 Å². The summed E-state index contributed by atoms with van der Waals surface area (Å²) >= 11 is 0. The molecule has 3 saturated heterocycles. The first-order chi connectivity index (χ1) is 20.7. The quantitative estimate of drug-likeness (QED) is 0.317. The van der Waals surface area contributed by atoms with Gasteiger partial charge in [-0.25, -0.2) is 19.3 Å². The summed E-state index contributed by atoms with van der Waals surface area (Å²) in [6.45, 7) is 10.4. The fourth-order valence-electron chi connectivity index (χ4n) is 7.96. The van der Waals surface area contributed by atoms with E-state index in [4.69, 9.17) is 9.97 Å². The maximum Gasteiger partial charge on any atom is 0.278 e. The summed E-state index contributed by atoms with van der Waals surface area (Å²) in [6.07, 6.45) is 8.03. The first-order valence-electron chi connectivity index (χ1n) is 15.4. The number of aromatic nitrogens is 5. The van der Waals surface area contributed by atoms with Crippen molar-refractivity contribution < 1.29 is 5.11 Å². The lowest BCUT2D eigenvalue weighted by molar-refractivity contribution is -0.0324. The fraction of sp³-hybridized carbons (Fsp3) is 0.455. The van der Waals surface area contributed by atoms with E-state index in [0.29, 0.717) is 41.3 Å². The molecule has 222 valence electrons. The van der Waals surface area contributed by atoms with Crippen molar-refractivity contribution in [2.24, 2.45) is 5.41 Å². The van der Waals surface area contributed by atoms with E-state index in [0.717, 1.165) is 49.3 Å². The Morgan fingerprint density at radius 1 is 1.16 bits per heavy atom. The van der Waals surface area contributed by atoms with Crippen LogP contribution < -0.4 is 15.8 Å². The van der Waals surface area contributed by atoms with Crippen molar-refractivity contribution in [2.75, 3.05) is 30.4 Å². The fourth-order valence-corrected chi connectivity index (χ4v) is 7.96. The number of rotatable bonds is 7. The molecule has 2 aliphatic carbocycles. The molecule has 6 heterocycles. The SMILES string of the molecule is C=CCn1c(=O)c2cnc(Nc3ccc(N4CC5CC(C4)N5C)c(C)c3)nc2n1-c1ccc2c(n1)C(O)(CC)C1(CC1)C2. The number of allylic oxidation sites excluding steroid dienone is 1. The highest BCUT2D eigenvalue weighted by atomic mass is 16.3. The van der Waals surface area contributed by atoms with Gasteiger partial charge in [-0.2, -0.15) is 4.98 Å². The van der Waals surface area contributed by atoms with Crippen molar-refractivity contribution in [3.05, 3.63) is 76.4 Å². The number of nitrogens with zero attached hydrogens (tertiary/aromatic N) is 7. The molecule has 4 aromatic rings. The number of pyridine rings is 1. The summed E-state index contributed by atoms with van der Waals surface area (Å²) in [6, 6.07) is 11.6. The number of benzene rings is 1. The third kappa shape index (κ3) is 3.78. The first-order valence-corrected chi connectivity index (χ1v) is 15.4. The minimum absolute atomic E-state index is 0.104. The van der Waals surface area contributed by atoms with Gasteiger partial charge in [0.15, 0.2) is 11.5 Å². The highest BCUT2D eigenvalue weighted by Gasteiger charge is 2.63. The lowest BCUT2D eigenvalue weighted by atomic mass is 9.84. The number of piperazine rings is 1. The van der Waals surface area contributed by atoms with Gasteiger partial charge in [0, 0.05) is 48.2 Å². The van der Waals surface area contributed by atoms with Gasteiger partial charge in [0.1, 0.15) is 11.0 Å². The third-order valence-electron chi connectivity index (χ3n) is 10.7. The summed E-state index contributed by atoms with van der Waals surface area (Å²) < 4.78 is 3.32. The molecule has 43 heavy (non-hydrogen) atoms. The molecule has 1 saturated carbocycles. The molecule has 0 radical (unpaired) electrons. The van der Waals surface area contributed by atoms with Crippen LogP contribution in [0.4, 0.5) is 17.3 Å². The molecular formula is C33H38N8O2. The number of fused-ring (bicyclic) bond motifs is 4. The Morgan fingerprint density at radius 3 is 2.63 bits per heavy atom. The molecule has 3 atom stereocenters. The second kappa shape index (κ2) is 9.24. The average molecular weight is 579 g/mol. The summed E-state index contributed by atoms with van der Waals surface area (Å²) in [7, 11) is 2.23. The molecule has 3 aliphatic heterocycles. The molecule has 2 bridgehead atoms. The van der Waals surface area contributed by atoms with Crippen LogP contribution in [0.3, 0.4) is 0 Å². The second-order valence-electron chi connectivity index (χ2n) is 13.0. The Hall–Kier alpha value is -4.02. The highest BCUT2D eigenvalue weighted by molar-refractivity contribution is 5.77. The first kappa shape index (κ1) is 26.6. The number of hydrogen-bond acceptors (Lipinski definition) is 8. The molecular weight excluding hydrogens is 540 g/mol. The van der Waals surface area contributed by atoms with Crippen LogP contribution >= 0.6 is 0 Å². The third-order valence-corrected chi connectivity index (χ3v) is 10.7. The van der Waals surface area contributed by atoms with Crippen molar-refractivity contribution in [1.82, 2.24) is 29.2 Å². The number of aliphatic hydroxyl groups is 1. The van der Waals surface area contributed by atoms with Crippen LogP contribution in [-0.4, -0.2) is 66.5 Å². The van der Waals surface area contributed by atoms with Gasteiger partial charge in [0.2, 0.25) is 5.95 Å². The topological polar surface area (TPSA) is 104 Å². The minimum atomic E-state index is -0.957. The van der Waals surface area contributed by atoms with E-state index in [2.05, 4.69) is 64.9 Å². The van der Waals surface area contributed by atoms with Crippen LogP contribution in [0.2, 0.25) is 0 Å². The molecule has 1 spiro atoms. The Morgan fingerprint density at radius 2 is 1.95 bits per heavy atom. The maximum absolute atomic E-state index is 13.5. The standard InChI is InChI=1S/C33H38N8O2/c1-5-13-40-30(42)25-17-34-31(35-22-8-9-26(20(3)14-22)39-18-23-15-24(19-39)38(23)4)37-29(25)41(40)27-10-7-21-16-32(11-12-32)33(43,6-2)28(21)36-27/h5,7-10,14,17,23-24,43H,1,6,11-13,15-16,18-19H2,2-4H3,(H,34,35,37). The largest absolute Gasteiger partial charge is 0.383 e. The molecule has 4 fully saturated rings. The van der Waals surface area contributed by atoms with Crippen molar-refractivity contribution in [3.8, 4) is 5.82 Å². The van der Waals surface area contributed by atoms with Crippen LogP contribution in [0.1, 0.15) is 49.4 Å². The van der Waals surface area contributed by atoms with Crippen LogP contribution in [0.5, 0.6) is 0 Å². The molecule has 5 aliphatic rings. The highest BCUT2D eigenvalue weighted by Crippen LogP contribution is 2.65. The Bertz CT molecular complexity index is 1840. The van der Waals surface area contributed by atoms with Crippen LogP contribution in [-0.2, 0) is 18.6 Å². The molecule has 2 N–H and O–H groups in total. The van der Waals surface area contributed by atoms with Crippen molar-refractivity contribution in [1.29, 1.82) is 0 Å². The van der Waals surface area contributed by atoms with E-state index in [1.807, 2.05) is 13.0 Å². The molecule has 10 nitrogen and oxygen atoms in total. The molecule has 9 rings (SSSR count). The van der Waals surface area contributed by atoms with E-state index in [1.54, 1.807) is 21.6 Å². The van der Waals surface area contributed by atoms with Gasteiger partial charge in [-0.1, -0.05) is 19.1 Å². The van der Waals surface area contributed by atoms with Gasteiger partial charge < -0.3 is 15.3 Å². The maximum atomic E-state index is 13.5. The summed E-state index contributed by atoms with van der Waals surface area (Å²) in [5.41, 5.74) is 4.35. The summed E-state index contributed by atoms with van der Waals surface area (Å²) in [5, 5.41) is 15.5. The van der Waals surface area contributed by atoms with Gasteiger partial charge in [0.25, 0.3) is 5.56 Å². The Balaban J connectivity index is 1.15. The van der Waals surface area contributed by atoms with E-state index in [-0.39, 0.29) is 17.5 Å². The predicted molar refractivity (Wildman–Crippen MR) is 167 cm³/mol. The second-order valence-corrected chi connectivity index (χ2v) is 13.0. The average Bonchev–Trinajstić information content (AvgIpc) is 3.70. The van der Waals surface area contributed by atoms with E-state index in [9.17, 15) is 9.90 Å². The van der Waals surface area contributed by atoms with Gasteiger partial charge >= 0.3 is 0 Å². The normalized spacial score (nSPS) is 25.2. The molecule has 10 heteroatoms. The van der Waals surface area contributed by atoms with Gasteiger partial charge in [-0.15, -0.1) is 6.58 Å². The number of aryl methyl sites for hydroxylation is 1. The lowest BCUT2D eigenvalue weighted by Crippen LogP contribution is -2.67. The van der Waals surface area contributed by atoms with Crippen molar-refractivity contribution >= 4 is 28.4 Å². The summed E-state index contributed by atoms with van der Waals surface area (Å²) in [5.74, 6) is 0.945. The molecule has 1 aromatic carbocycles. The smallest absolute Gasteiger partial charge is 0.278 e. The Kier molecular flexibility index (Phi) is 5.71. The zero-order chi connectivity index (χ0) is 29.7. The Labute approximate surface area is 250 Å². The molecule has 0 amide bonds. The summed E-state index contributed by atoms with van der Waals surface area (Å²) in [4.78, 5) is 32.8. The van der Waals surface area contributed by atoms with Gasteiger partial charge in [-0.05, 0) is 81.5 Å². The van der Waals surface area contributed by atoms with Crippen LogP contribution in [0, 0.1) is 12.3 Å². The molecule has 3 unspecified atom stereocenters. The molecule has 3 aromatic heterocycles. The zero-order valence-electron chi connectivity index (χ0n) is 25.0. The zero-order valence-corrected chi connectivity index (χ0v) is 25.0. The van der Waals surface area contributed by atoms with Gasteiger partial charge in [-0.3, -0.25) is 9.69 Å². The van der Waals surface area contributed by atoms with E-state index >= 15 is 0 Å². The van der Waals surface area contributed by atoms with Crippen molar-refractivity contribution in [2.45, 2.75) is 70.2 Å². The minimum Gasteiger partial charge on any atom is -0.383 e. The number of nitrogens with one attached hydrogen (secondary N) is 1. The number of piperidine rings is 1. The van der Waals surface area contributed by atoms with Crippen LogP contribution in [0.25, 0.3) is 16.9 Å². The lowest BCUT2D eigenvalue weighted by Gasteiger charge is -2.55. The van der Waals surface area contributed by atoms with Crippen LogP contribution in [0.15, 0.2) is 54.0 Å². The number of likely N-dealkylation sites (N-methyl/N-ethyl adjacent to an activating group) is 1. The number of hydrogen-bond donors (Lipinski definition) is 2. The predicted octanol–water partition coefficient (Wildman–Crippen LogP) is 4.04.